The van der Waals surface area contributed by atoms with Gasteiger partial charge in [0.05, 0.1) is 6.61 Å². The first-order valence-corrected chi connectivity index (χ1v) is 5.32. The molecule has 1 rings (SSSR count). The van der Waals surface area contributed by atoms with Gasteiger partial charge in [-0.3, -0.25) is 0 Å². The molecule has 0 saturated carbocycles. The van der Waals surface area contributed by atoms with Gasteiger partial charge in [0.2, 0.25) is 0 Å². The molecule has 1 atom stereocenters. The number of aliphatic hydroxyl groups excluding tert-OH is 2. The second kappa shape index (κ2) is 7.54. The number of halogens is 1. The van der Waals surface area contributed by atoms with Crippen LogP contribution in [-0.4, -0.2) is 16.8 Å². The molecule has 86 valence electrons. The van der Waals surface area contributed by atoms with Crippen LogP contribution in [0.3, 0.4) is 0 Å². The predicted octanol–water partition coefficient (Wildman–Crippen LogP) is 2.54. The summed E-state index contributed by atoms with van der Waals surface area (Å²) in [6, 6.07) is 6.88. The number of benzene rings is 1. The zero-order chi connectivity index (χ0) is 12.5. The van der Waals surface area contributed by atoms with Crippen molar-refractivity contribution in [2.45, 2.75) is 6.10 Å². The predicted molar refractivity (Wildman–Crippen MR) is 66.7 cm³/mol. The van der Waals surface area contributed by atoms with Crippen molar-refractivity contribution in [3.8, 4) is 0 Å². The average molecular weight is 247 g/mol. The quantitative estimate of drug-likeness (QED) is 0.805. The van der Waals surface area contributed by atoms with Gasteiger partial charge in [-0.1, -0.05) is 35.2 Å². The Hall–Kier alpha value is -1.71. The van der Waals surface area contributed by atoms with Crippen molar-refractivity contribution in [3.63, 3.8) is 0 Å². The summed E-state index contributed by atoms with van der Waals surface area (Å²) in [5.74, 6) is 0. The summed E-state index contributed by atoms with van der Waals surface area (Å²) < 4.78 is 0. The van der Waals surface area contributed by atoms with Crippen LogP contribution in [0, 0.1) is 0 Å². The van der Waals surface area contributed by atoms with E-state index in [9.17, 15) is 5.11 Å². The Bertz CT molecular complexity index is 520. The molecule has 1 aromatic rings. The normalized spacial score (nSPS) is 10.3. The topological polar surface area (TPSA) is 40.5 Å². The van der Waals surface area contributed by atoms with Crippen LogP contribution in [0.15, 0.2) is 59.3 Å². The van der Waals surface area contributed by atoms with Crippen molar-refractivity contribution in [3.05, 3.63) is 69.9 Å². The SMILES string of the molecule is OCC=C=C=C=C=CC(O)c1ccc(Cl)cc1. The van der Waals surface area contributed by atoms with Crippen LogP contribution in [0.4, 0.5) is 0 Å². The molecule has 0 aliphatic rings. The largest absolute Gasteiger partial charge is 0.392 e. The van der Waals surface area contributed by atoms with E-state index in [1.54, 1.807) is 24.3 Å². The van der Waals surface area contributed by atoms with Gasteiger partial charge in [-0.15, -0.1) is 0 Å². The van der Waals surface area contributed by atoms with E-state index in [2.05, 4.69) is 22.9 Å². The summed E-state index contributed by atoms with van der Waals surface area (Å²) in [5.41, 5.74) is 10.9. The summed E-state index contributed by atoms with van der Waals surface area (Å²) in [4.78, 5) is 0. The summed E-state index contributed by atoms with van der Waals surface area (Å²) in [6.45, 7) is -0.0915. The van der Waals surface area contributed by atoms with E-state index in [1.807, 2.05) is 0 Å². The lowest BCUT2D eigenvalue weighted by atomic mass is 10.1. The molecule has 1 aromatic carbocycles. The molecule has 3 heteroatoms. The number of aliphatic hydroxyl groups is 2. The molecule has 0 radical (unpaired) electrons. The highest BCUT2D eigenvalue weighted by Crippen LogP contribution is 2.16. The van der Waals surface area contributed by atoms with E-state index in [1.165, 1.54) is 12.2 Å². The van der Waals surface area contributed by atoms with Gasteiger partial charge in [0, 0.05) is 5.02 Å². The fourth-order valence-electron chi connectivity index (χ4n) is 1.05. The lowest BCUT2D eigenvalue weighted by Gasteiger charge is -2.03. The van der Waals surface area contributed by atoms with E-state index < -0.39 is 6.10 Å². The molecule has 0 aromatic heterocycles. The molecule has 0 aliphatic heterocycles. The molecule has 0 heterocycles. The minimum atomic E-state index is -0.761. The highest BCUT2D eigenvalue weighted by molar-refractivity contribution is 6.30. The number of hydrogen-bond acceptors (Lipinski definition) is 2. The highest BCUT2D eigenvalue weighted by Gasteiger charge is 2.01. The third-order valence-corrected chi connectivity index (χ3v) is 2.10. The van der Waals surface area contributed by atoms with Gasteiger partial charge in [0.1, 0.15) is 6.10 Å². The van der Waals surface area contributed by atoms with Gasteiger partial charge in [-0.2, -0.15) is 0 Å². The first-order valence-electron chi connectivity index (χ1n) is 4.94. The molecule has 2 N–H and O–H groups in total. The second-order valence-corrected chi connectivity index (χ2v) is 3.52. The van der Waals surface area contributed by atoms with Crippen molar-refractivity contribution >= 4 is 11.6 Å². The molecule has 0 saturated heterocycles. The molecule has 17 heavy (non-hydrogen) atoms. The van der Waals surface area contributed by atoms with E-state index in [-0.39, 0.29) is 6.61 Å². The molecule has 0 bridgehead atoms. The molecular formula is C14H11ClO2. The van der Waals surface area contributed by atoms with Gasteiger partial charge in [0.25, 0.3) is 0 Å². The molecule has 0 aliphatic carbocycles. The second-order valence-electron chi connectivity index (χ2n) is 3.09. The Labute approximate surface area is 105 Å². The Morgan fingerprint density at radius 1 is 1.18 bits per heavy atom. The van der Waals surface area contributed by atoms with Crippen molar-refractivity contribution in [2.75, 3.05) is 6.61 Å². The number of hydrogen-bond donors (Lipinski definition) is 2. The Kier molecular flexibility index (Phi) is 5.93. The zero-order valence-corrected chi connectivity index (χ0v) is 9.78. The molecule has 0 amide bonds. The maximum absolute atomic E-state index is 9.72. The minimum Gasteiger partial charge on any atom is -0.392 e. The van der Waals surface area contributed by atoms with Crippen molar-refractivity contribution < 1.29 is 10.2 Å². The van der Waals surface area contributed by atoms with Crippen LogP contribution < -0.4 is 0 Å². The average Bonchev–Trinajstić information content (AvgIpc) is 2.34. The summed E-state index contributed by atoms with van der Waals surface area (Å²) in [6.07, 6.45) is 2.07. The molecular weight excluding hydrogens is 236 g/mol. The lowest BCUT2D eigenvalue weighted by molar-refractivity contribution is 0.229. The van der Waals surface area contributed by atoms with Gasteiger partial charge < -0.3 is 10.2 Å². The Balaban J connectivity index is 2.82. The van der Waals surface area contributed by atoms with E-state index >= 15 is 0 Å². The Morgan fingerprint density at radius 2 is 1.82 bits per heavy atom. The molecule has 0 spiro atoms. The monoisotopic (exact) mass is 246 g/mol. The maximum Gasteiger partial charge on any atom is 0.105 e. The van der Waals surface area contributed by atoms with Crippen LogP contribution in [0.2, 0.25) is 5.02 Å². The molecule has 2 nitrogen and oxygen atoms in total. The molecule has 1 unspecified atom stereocenters. The van der Waals surface area contributed by atoms with Crippen LogP contribution in [0.1, 0.15) is 11.7 Å². The summed E-state index contributed by atoms with van der Waals surface area (Å²) in [5, 5.41) is 18.8. The fraction of sp³-hybridized carbons (Fsp3) is 0.143. The van der Waals surface area contributed by atoms with Gasteiger partial charge >= 0.3 is 0 Å². The molecule has 0 fully saturated rings. The van der Waals surface area contributed by atoms with Crippen molar-refractivity contribution in [1.82, 2.24) is 0 Å². The summed E-state index contributed by atoms with van der Waals surface area (Å²) in [7, 11) is 0. The summed E-state index contributed by atoms with van der Waals surface area (Å²) >= 11 is 5.73. The minimum absolute atomic E-state index is 0.0915. The first kappa shape index (κ1) is 13.4. The number of rotatable bonds is 3. The van der Waals surface area contributed by atoms with Crippen LogP contribution in [0.25, 0.3) is 0 Å². The van der Waals surface area contributed by atoms with Crippen LogP contribution in [-0.2, 0) is 0 Å². The Morgan fingerprint density at radius 3 is 2.47 bits per heavy atom. The van der Waals surface area contributed by atoms with E-state index in [4.69, 9.17) is 16.7 Å². The van der Waals surface area contributed by atoms with Crippen molar-refractivity contribution in [1.29, 1.82) is 0 Å². The van der Waals surface area contributed by atoms with Crippen LogP contribution in [0.5, 0.6) is 0 Å². The third-order valence-electron chi connectivity index (χ3n) is 1.85. The fourth-order valence-corrected chi connectivity index (χ4v) is 1.17. The van der Waals surface area contributed by atoms with Gasteiger partial charge in [-0.05, 0) is 41.3 Å². The third kappa shape index (κ3) is 5.24. The van der Waals surface area contributed by atoms with Gasteiger partial charge in [0.15, 0.2) is 0 Å². The highest BCUT2D eigenvalue weighted by atomic mass is 35.5. The van der Waals surface area contributed by atoms with Gasteiger partial charge in [-0.25, -0.2) is 0 Å². The van der Waals surface area contributed by atoms with E-state index in [0.717, 1.165) is 5.56 Å². The van der Waals surface area contributed by atoms with Crippen LogP contribution >= 0.6 is 11.6 Å². The van der Waals surface area contributed by atoms with Crippen molar-refractivity contribution in [2.24, 2.45) is 0 Å². The van der Waals surface area contributed by atoms with E-state index in [0.29, 0.717) is 5.02 Å². The standard InChI is InChI=1S/C14H11ClO2/c15-13-9-7-12(8-10-13)14(17)6-4-2-1-3-5-11-16/h5-10,14,16-17H,11H2. The first-order chi connectivity index (χ1) is 8.24. The maximum atomic E-state index is 9.72. The smallest absolute Gasteiger partial charge is 0.105 e. The lowest BCUT2D eigenvalue weighted by Crippen LogP contribution is -1.90. The zero-order valence-electron chi connectivity index (χ0n) is 9.02.